The van der Waals surface area contributed by atoms with Gasteiger partial charge in [0.15, 0.2) is 0 Å². The first kappa shape index (κ1) is 16.4. The van der Waals surface area contributed by atoms with Gasteiger partial charge < -0.3 is 10.2 Å². The van der Waals surface area contributed by atoms with Crippen LogP contribution >= 0.6 is 0 Å². The molecule has 0 aliphatic heterocycles. The molecule has 18 heavy (non-hydrogen) atoms. The molecule has 0 bridgehead atoms. The molecule has 0 radical (unpaired) electrons. The average Bonchev–Trinajstić information content (AvgIpc) is 2.29. The van der Waals surface area contributed by atoms with Crippen molar-refractivity contribution in [2.45, 2.75) is 46.0 Å². The van der Waals surface area contributed by atoms with Gasteiger partial charge in [0.25, 0.3) is 0 Å². The number of aromatic nitrogens is 1. The van der Waals surface area contributed by atoms with Gasteiger partial charge in [-0.25, -0.2) is 4.79 Å². The van der Waals surface area contributed by atoms with Crippen LogP contribution in [-0.2, 0) is 6.42 Å². The molecule has 1 aromatic heterocycles. The van der Waals surface area contributed by atoms with E-state index in [0.29, 0.717) is 0 Å². The quantitative estimate of drug-likeness (QED) is 0.750. The highest BCUT2D eigenvalue weighted by atomic mass is 16.6. The first-order valence-corrected chi connectivity index (χ1v) is 6.33. The Hall–Kier alpha value is -1.58. The molecule has 0 aliphatic carbocycles. The summed E-state index contributed by atoms with van der Waals surface area (Å²) in [4.78, 5) is 12.7. The maximum Gasteiger partial charge on any atom is 0.503 e. The van der Waals surface area contributed by atoms with Crippen molar-refractivity contribution in [3.05, 3.63) is 30.1 Å². The van der Waals surface area contributed by atoms with Gasteiger partial charge in [-0.15, -0.1) is 0 Å². The molecular weight excluding hydrogens is 230 g/mol. The molecule has 0 aliphatic rings. The van der Waals surface area contributed by atoms with Crippen LogP contribution in [0.2, 0.25) is 0 Å². The fourth-order valence-electron chi connectivity index (χ4n) is 1.60. The zero-order chi connectivity index (χ0) is 13.8. The lowest BCUT2D eigenvalue weighted by Crippen LogP contribution is -1.89. The second-order valence-electron chi connectivity index (χ2n) is 4.64. The number of hydrogen-bond donors (Lipinski definition) is 2. The minimum absolute atomic E-state index is 0.855. The minimum atomic E-state index is -1.83. The van der Waals surface area contributed by atoms with E-state index in [1.165, 1.54) is 37.7 Å². The highest BCUT2D eigenvalue weighted by Crippen LogP contribution is 2.10. The van der Waals surface area contributed by atoms with Gasteiger partial charge in [0.2, 0.25) is 0 Å². The Kier molecular flexibility index (Phi) is 9.64. The first-order chi connectivity index (χ1) is 8.52. The van der Waals surface area contributed by atoms with E-state index in [0.717, 1.165) is 5.92 Å². The molecule has 1 rings (SSSR count). The molecule has 1 heterocycles. The zero-order valence-electron chi connectivity index (χ0n) is 11.2. The van der Waals surface area contributed by atoms with Crippen LogP contribution in [0, 0.1) is 5.92 Å². The topological polar surface area (TPSA) is 70.4 Å². The predicted octanol–water partition coefficient (Wildman–Crippen LogP) is 4.06. The lowest BCUT2D eigenvalue weighted by Gasteiger charge is -2.04. The Balaban J connectivity index is 0.000000631. The van der Waals surface area contributed by atoms with Gasteiger partial charge in [-0.05, 0) is 30.4 Å². The van der Waals surface area contributed by atoms with Crippen LogP contribution in [0.1, 0.15) is 45.1 Å². The molecule has 0 saturated carbocycles. The Morgan fingerprint density at radius 3 is 2.44 bits per heavy atom. The molecule has 0 amide bonds. The summed E-state index contributed by atoms with van der Waals surface area (Å²) in [6.45, 7) is 4.59. The number of carbonyl (C=O) groups is 1. The normalized spacial score (nSPS) is 9.72. The van der Waals surface area contributed by atoms with Gasteiger partial charge in [-0.1, -0.05) is 39.2 Å². The summed E-state index contributed by atoms with van der Waals surface area (Å²) >= 11 is 0. The maximum absolute atomic E-state index is 8.56. The van der Waals surface area contributed by atoms with Gasteiger partial charge in [0.05, 0.1) is 0 Å². The van der Waals surface area contributed by atoms with Gasteiger partial charge in [-0.2, -0.15) is 0 Å². The van der Waals surface area contributed by atoms with Crippen molar-refractivity contribution in [1.82, 2.24) is 4.98 Å². The van der Waals surface area contributed by atoms with Crippen molar-refractivity contribution in [3.63, 3.8) is 0 Å². The number of unbranched alkanes of at least 4 members (excludes halogenated alkanes) is 2. The molecule has 0 unspecified atom stereocenters. The van der Waals surface area contributed by atoms with E-state index in [1.807, 2.05) is 18.5 Å². The summed E-state index contributed by atoms with van der Waals surface area (Å²) in [5, 5.41) is 13.9. The molecule has 2 N–H and O–H groups in total. The van der Waals surface area contributed by atoms with E-state index < -0.39 is 6.16 Å². The van der Waals surface area contributed by atoms with E-state index in [9.17, 15) is 0 Å². The maximum atomic E-state index is 8.56. The van der Waals surface area contributed by atoms with Crippen LogP contribution in [0.25, 0.3) is 0 Å². The summed E-state index contributed by atoms with van der Waals surface area (Å²) in [5.74, 6) is 0.855. The number of nitrogens with zero attached hydrogens (tertiary/aromatic N) is 1. The highest BCUT2D eigenvalue weighted by Gasteiger charge is 1.95. The Morgan fingerprint density at radius 1 is 1.28 bits per heavy atom. The Labute approximate surface area is 109 Å². The van der Waals surface area contributed by atoms with Crippen molar-refractivity contribution in [2.75, 3.05) is 0 Å². The van der Waals surface area contributed by atoms with E-state index in [4.69, 9.17) is 15.0 Å². The molecule has 102 valence electrons. The third-order valence-corrected chi connectivity index (χ3v) is 2.47. The number of hydrogen-bond acceptors (Lipinski definition) is 2. The number of pyridine rings is 1. The van der Waals surface area contributed by atoms with Gasteiger partial charge >= 0.3 is 6.16 Å². The predicted molar refractivity (Wildman–Crippen MR) is 71.9 cm³/mol. The Morgan fingerprint density at radius 2 is 1.94 bits per heavy atom. The molecule has 4 nitrogen and oxygen atoms in total. The van der Waals surface area contributed by atoms with E-state index in [2.05, 4.69) is 24.9 Å². The van der Waals surface area contributed by atoms with Crippen LogP contribution in [0.4, 0.5) is 4.79 Å². The third kappa shape index (κ3) is 12.5. The molecule has 0 fully saturated rings. The highest BCUT2D eigenvalue weighted by molar-refractivity contribution is 5.53. The number of rotatable bonds is 6. The smallest absolute Gasteiger partial charge is 0.450 e. The molecule has 4 heteroatoms. The summed E-state index contributed by atoms with van der Waals surface area (Å²) in [7, 11) is 0. The molecule has 0 atom stereocenters. The molecule has 0 spiro atoms. The monoisotopic (exact) mass is 253 g/mol. The number of aryl methyl sites for hydroxylation is 1. The van der Waals surface area contributed by atoms with E-state index in [1.54, 1.807) is 0 Å². The van der Waals surface area contributed by atoms with Gasteiger partial charge in [-0.3, -0.25) is 4.98 Å². The third-order valence-electron chi connectivity index (χ3n) is 2.47. The summed E-state index contributed by atoms with van der Waals surface area (Å²) in [6.07, 6.45) is 8.56. The largest absolute Gasteiger partial charge is 0.503 e. The SMILES string of the molecule is CC(C)CCCCCc1cccnc1.O=C(O)O. The zero-order valence-corrected chi connectivity index (χ0v) is 11.2. The molecule has 0 aromatic carbocycles. The van der Waals surface area contributed by atoms with Crippen LogP contribution in [-0.4, -0.2) is 21.4 Å². The lowest BCUT2D eigenvalue weighted by atomic mass is 10.0. The Bertz CT molecular complexity index is 308. The van der Waals surface area contributed by atoms with Crippen molar-refractivity contribution in [3.8, 4) is 0 Å². The standard InChI is InChI=1S/C13H21N.CH2O3/c1-12(2)7-4-3-5-8-13-9-6-10-14-11-13;2-1(3)4/h6,9-12H,3-5,7-8H2,1-2H3;(H2,2,3,4). The lowest BCUT2D eigenvalue weighted by molar-refractivity contribution is 0.137. The minimum Gasteiger partial charge on any atom is -0.450 e. The van der Waals surface area contributed by atoms with Crippen LogP contribution in [0.3, 0.4) is 0 Å². The molecule has 0 saturated heterocycles. The van der Waals surface area contributed by atoms with Crippen molar-refractivity contribution in [1.29, 1.82) is 0 Å². The van der Waals surface area contributed by atoms with Crippen LogP contribution < -0.4 is 0 Å². The molecule has 1 aromatic rings. The fraction of sp³-hybridized carbons (Fsp3) is 0.571. The summed E-state index contributed by atoms with van der Waals surface area (Å²) in [5.41, 5.74) is 1.37. The van der Waals surface area contributed by atoms with Crippen molar-refractivity contribution in [2.24, 2.45) is 5.92 Å². The van der Waals surface area contributed by atoms with E-state index >= 15 is 0 Å². The van der Waals surface area contributed by atoms with Crippen LogP contribution in [0.15, 0.2) is 24.5 Å². The van der Waals surface area contributed by atoms with Crippen molar-refractivity contribution < 1.29 is 15.0 Å². The second kappa shape index (κ2) is 10.6. The van der Waals surface area contributed by atoms with Crippen LogP contribution in [0.5, 0.6) is 0 Å². The molecular formula is C14H23NO3. The fourth-order valence-corrected chi connectivity index (χ4v) is 1.60. The summed E-state index contributed by atoms with van der Waals surface area (Å²) < 4.78 is 0. The average molecular weight is 253 g/mol. The summed E-state index contributed by atoms with van der Waals surface area (Å²) in [6, 6.07) is 4.18. The van der Waals surface area contributed by atoms with Crippen molar-refractivity contribution >= 4 is 6.16 Å². The van der Waals surface area contributed by atoms with E-state index in [-0.39, 0.29) is 0 Å². The first-order valence-electron chi connectivity index (χ1n) is 6.33. The second-order valence-corrected chi connectivity index (χ2v) is 4.64. The number of carboxylic acid groups (broad SMARTS) is 2. The van der Waals surface area contributed by atoms with Gasteiger partial charge in [0, 0.05) is 12.4 Å². The van der Waals surface area contributed by atoms with Gasteiger partial charge in [0.1, 0.15) is 0 Å².